The lowest BCUT2D eigenvalue weighted by Gasteiger charge is -2.07. The lowest BCUT2D eigenvalue weighted by Crippen LogP contribution is -2.20. The van der Waals surface area contributed by atoms with Gasteiger partial charge >= 0.3 is 0 Å². The summed E-state index contributed by atoms with van der Waals surface area (Å²) in [5.74, 6) is -0.0517. The topological polar surface area (TPSA) is 67.2 Å². The van der Waals surface area contributed by atoms with E-state index >= 15 is 0 Å². The number of nitrogens with one attached hydrogen (secondary N) is 2. The molecule has 0 heterocycles. The van der Waals surface area contributed by atoms with Crippen LogP contribution in [0.3, 0.4) is 0 Å². The monoisotopic (exact) mass is 249 g/mol. The van der Waals surface area contributed by atoms with E-state index in [0.717, 1.165) is 11.3 Å². The molecular weight excluding hydrogens is 234 g/mol. The first-order chi connectivity index (χ1) is 8.09. The highest BCUT2D eigenvalue weighted by atomic mass is 32.1. The second-order valence-electron chi connectivity index (χ2n) is 3.42. The van der Waals surface area contributed by atoms with Crippen molar-refractivity contribution in [3.8, 4) is 0 Å². The van der Waals surface area contributed by atoms with Crippen molar-refractivity contribution in [1.82, 2.24) is 5.32 Å². The first kappa shape index (κ1) is 13.2. The Bertz CT molecular complexity index is 443. The molecule has 0 radical (unpaired) electrons. The fourth-order valence-electron chi connectivity index (χ4n) is 1.28. The normalized spacial score (nSPS) is 10.2. The Morgan fingerprint density at radius 2 is 2.18 bits per heavy atom. The van der Waals surface area contributed by atoms with E-state index in [0.29, 0.717) is 6.54 Å². The molecule has 0 aromatic heterocycles. The van der Waals surface area contributed by atoms with Crippen LogP contribution in [0.4, 0.5) is 5.69 Å². The fourth-order valence-corrected chi connectivity index (χ4v) is 1.39. The number of para-hydroxylation sites is 1. The van der Waals surface area contributed by atoms with Crippen molar-refractivity contribution in [3.05, 3.63) is 35.9 Å². The van der Waals surface area contributed by atoms with E-state index in [-0.39, 0.29) is 11.0 Å². The van der Waals surface area contributed by atoms with Crippen molar-refractivity contribution in [2.45, 2.75) is 6.92 Å². The number of hydrogen-bond donors (Lipinski definition) is 3. The molecule has 0 aliphatic rings. The van der Waals surface area contributed by atoms with E-state index < -0.39 is 0 Å². The highest BCUT2D eigenvalue weighted by molar-refractivity contribution is 7.80. The van der Waals surface area contributed by atoms with Gasteiger partial charge in [-0.05, 0) is 23.8 Å². The SMILES string of the molecule is CC(=O)NCC=Cc1ccccc1NC(N)=S. The molecule has 0 saturated carbocycles. The number of benzene rings is 1. The zero-order valence-corrected chi connectivity index (χ0v) is 10.4. The summed E-state index contributed by atoms with van der Waals surface area (Å²) in [7, 11) is 0. The van der Waals surface area contributed by atoms with Crippen LogP contribution in [0.5, 0.6) is 0 Å². The number of thiocarbonyl (C=S) groups is 1. The lowest BCUT2D eigenvalue weighted by molar-refractivity contribution is -0.118. The Hall–Kier alpha value is -1.88. The van der Waals surface area contributed by atoms with Gasteiger partial charge < -0.3 is 16.4 Å². The molecule has 17 heavy (non-hydrogen) atoms. The number of amides is 1. The van der Waals surface area contributed by atoms with Gasteiger partial charge in [0.15, 0.2) is 5.11 Å². The summed E-state index contributed by atoms with van der Waals surface area (Å²) in [6, 6.07) is 7.64. The Morgan fingerprint density at radius 3 is 2.82 bits per heavy atom. The molecule has 1 aromatic rings. The first-order valence-electron chi connectivity index (χ1n) is 5.16. The smallest absolute Gasteiger partial charge is 0.217 e. The minimum absolute atomic E-state index is 0.0517. The standard InChI is InChI=1S/C12H15N3OS/c1-9(16)14-8-4-6-10-5-2-3-7-11(10)15-12(13)17/h2-7H,8H2,1H3,(H,14,16)(H3,13,15,17). The van der Waals surface area contributed by atoms with Crippen molar-refractivity contribution in [2.24, 2.45) is 5.73 Å². The van der Waals surface area contributed by atoms with Gasteiger partial charge in [-0.2, -0.15) is 0 Å². The fraction of sp³-hybridized carbons (Fsp3) is 0.167. The molecule has 0 fully saturated rings. The predicted octanol–water partition coefficient (Wildman–Crippen LogP) is 1.49. The summed E-state index contributed by atoms with van der Waals surface area (Å²) in [6.07, 6.45) is 3.76. The Kier molecular flexibility index (Phi) is 5.16. The summed E-state index contributed by atoms with van der Waals surface area (Å²) < 4.78 is 0. The van der Waals surface area contributed by atoms with Gasteiger partial charge in [0.25, 0.3) is 0 Å². The molecule has 0 bridgehead atoms. The summed E-state index contributed by atoms with van der Waals surface area (Å²) >= 11 is 4.79. The Labute approximate surface area is 106 Å². The van der Waals surface area contributed by atoms with Gasteiger partial charge in [0.05, 0.1) is 0 Å². The zero-order chi connectivity index (χ0) is 12.7. The van der Waals surface area contributed by atoms with Gasteiger partial charge in [-0.25, -0.2) is 0 Å². The molecule has 4 N–H and O–H groups in total. The zero-order valence-electron chi connectivity index (χ0n) is 9.57. The van der Waals surface area contributed by atoms with Gasteiger partial charge in [-0.3, -0.25) is 4.79 Å². The quantitative estimate of drug-likeness (QED) is 0.707. The molecular formula is C12H15N3OS. The number of anilines is 1. The minimum atomic E-state index is -0.0517. The molecule has 1 rings (SSSR count). The Morgan fingerprint density at radius 1 is 1.47 bits per heavy atom. The summed E-state index contributed by atoms with van der Waals surface area (Å²) in [6.45, 7) is 1.98. The number of rotatable bonds is 4. The third kappa shape index (κ3) is 5.12. The van der Waals surface area contributed by atoms with Gasteiger partial charge in [-0.15, -0.1) is 0 Å². The highest BCUT2D eigenvalue weighted by Crippen LogP contribution is 2.16. The number of carbonyl (C=O) groups excluding carboxylic acids is 1. The minimum Gasteiger partial charge on any atom is -0.376 e. The molecule has 1 aromatic carbocycles. The van der Waals surface area contributed by atoms with E-state index in [1.54, 1.807) is 0 Å². The van der Waals surface area contributed by atoms with Crippen LogP contribution < -0.4 is 16.4 Å². The van der Waals surface area contributed by atoms with Crippen LogP contribution in [0.15, 0.2) is 30.3 Å². The maximum absolute atomic E-state index is 10.7. The molecule has 0 unspecified atom stereocenters. The second-order valence-corrected chi connectivity index (χ2v) is 3.86. The average molecular weight is 249 g/mol. The van der Waals surface area contributed by atoms with Crippen molar-refractivity contribution < 1.29 is 4.79 Å². The Balaban J connectivity index is 2.69. The predicted molar refractivity (Wildman–Crippen MR) is 74.6 cm³/mol. The molecule has 0 saturated heterocycles. The number of nitrogens with two attached hydrogens (primary N) is 1. The molecule has 5 heteroatoms. The first-order valence-corrected chi connectivity index (χ1v) is 5.57. The molecule has 0 aliphatic carbocycles. The molecule has 4 nitrogen and oxygen atoms in total. The summed E-state index contributed by atoms with van der Waals surface area (Å²) in [4.78, 5) is 10.7. The van der Waals surface area contributed by atoms with Crippen molar-refractivity contribution in [1.29, 1.82) is 0 Å². The molecule has 0 aliphatic heterocycles. The van der Waals surface area contributed by atoms with Crippen LogP contribution in [0.25, 0.3) is 6.08 Å². The maximum Gasteiger partial charge on any atom is 0.217 e. The molecule has 0 atom stereocenters. The third-order valence-electron chi connectivity index (χ3n) is 1.98. The van der Waals surface area contributed by atoms with Crippen molar-refractivity contribution >= 4 is 35.0 Å². The maximum atomic E-state index is 10.7. The number of hydrogen-bond acceptors (Lipinski definition) is 2. The van der Waals surface area contributed by atoms with Crippen LogP contribution in [0.1, 0.15) is 12.5 Å². The van der Waals surface area contributed by atoms with Crippen LogP contribution >= 0.6 is 12.2 Å². The largest absolute Gasteiger partial charge is 0.376 e. The lowest BCUT2D eigenvalue weighted by atomic mass is 10.1. The van der Waals surface area contributed by atoms with E-state index in [1.807, 2.05) is 36.4 Å². The van der Waals surface area contributed by atoms with Crippen molar-refractivity contribution in [3.63, 3.8) is 0 Å². The molecule has 0 spiro atoms. The van der Waals surface area contributed by atoms with Crippen LogP contribution in [-0.4, -0.2) is 17.6 Å². The summed E-state index contributed by atoms with van der Waals surface area (Å²) in [5.41, 5.74) is 7.24. The van der Waals surface area contributed by atoms with E-state index in [1.165, 1.54) is 6.92 Å². The van der Waals surface area contributed by atoms with Crippen LogP contribution in [0.2, 0.25) is 0 Å². The van der Waals surface area contributed by atoms with Crippen LogP contribution in [0, 0.1) is 0 Å². The molecule has 1 amide bonds. The van der Waals surface area contributed by atoms with E-state index in [2.05, 4.69) is 10.6 Å². The highest BCUT2D eigenvalue weighted by Gasteiger charge is 1.98. The second kappa shape index (κ2) is 6.65. The number of carbonyl (C=O) groups is 1. The van der Waals surface area contributed by atoms with Gasteiger partial charge in [0.2, 0.25) is 5.91 Å². The van der Waals surface area contributed by atoms with Crippen molar-refractivity contribution in [2.75, 3.05) is 11.9 Å². The summed E-state index contributed by atoms with van der Waals surface area (Å²) in [5, 5.41) is 5.80. The van der Waals surface area contributed by atoms with Gasteiger partial charge in [0, 0.05) is 19.2 Å². The third-order valence-corrected chi connectivity index (χ3v) is 2.09. The average Bonchev–Trinajstić information content (AvgIpc) is 2.25. The van der Waals surface area contributed by atoms with Crippen LogP contribution in [-0.2, 0) is 4.79 Å². The van der Waals surface area contributed by atoms with Gasteiger partial charge in [0.1, 0.15) is 0 Å². The molecule has 90 valence electrons. The van der Waals surface area contributed by atoms with E-state index in [9.17, 15) is 4.79 Å². The van der Waals surface area contributed by atoms with Gasteiger partial charge in [-0.1, -0.05) is 30.4 Å². The van der Waals surface area contributed by atoms with E-state index in [4.69, 9.17) is 18.0 Å².